The van der Waals surface area contributed by atoms with Crippen molar-refractivity contribution < 1.29 is 14.7 Å². The lowest BCUT2D eigenvalue weighted by molar-refractivity contribution is 0.0693. The first-order valence-electron chi connectivity index (χ1n) is 7.18. The first-order chi connectivity index (χ1) is 10.8. The summed E-state index contributed by atoms with van der Waals surface area (Å²) in [6, 6.07) is 12.0. The maximum atomic E-state index is 12.7. The van der Waals surface area contributed by atoms with Crippen LogP contribution in [0.4, 0.5) is 11.4 Å². The molecule has 2 rings (SSSR count). The van der Waals surface area contributed by atoms with Crippen LogP contribution in [0.5, 0.6) is 0 Å². The van der Waals surface area contributed by atoms with E-state index in [1.165, 1.54) is 0 Å². The molecule has 0 spiro atoms. The number of hydrogen-bond donors (Lipinski definition) is 1. The molecule has 1 N–H and O–H groups in total. The van der Waals surface area contributed by atoms with Gasteiger partial charge >= 0.3 is 5.97 Å². The van der Waals surface area contributed by atoms with Crippen LogP contribution in [-0.2, 0) is 0 Å². The Kier molecular flexibility index (Phi) is 4.69. The minimum atomic E-state index is -1.11. The molecule has 0 aliphatic heterocycles. The second-order valence-corrected chi connectivity index (χ2v) is 5.67. The Labute approximate surface area is 135 Å². The molecule has 5 nitrogen and oxygen atoms in total. The maximum absolute atomic E-state index is 12.7. The van der Waals surface area contributed by atoms with E-state index in [9.17, 15) is 14.7 Å². The van der Waals surface area contributed by atoms with Crippen LogP contribution < -0.4 is 9.80 Å². The van der Waals surface area contributed by atoms with E-state index >= 15 is 0 Å². The fourth-order valence-electron chi connectivity index (χ4n) is 2.39. The minimum absolute atomic E-state index is 0.0270. The lowest BCUT2D eigenvalue weighted by atomic mass is 9.96. The molecule has 0 bridgehead atoms. The molecular formula is C18H20N2O3. The summed E-state index contributed by atoms with van der Waals surface area (Å²) in [6.45, 7) is 0. The molecule has 0 saturated carbocycles. The van der Waals surface area contributed by atoms with Gasteiger partial charge in [-0.3, -0.25) is 4.79 Å². The zero-order valence-electron chi connectivity index (χ0n) is 13.7. The van der Waals surface area contributed by atoms with Crippen molar-refractivity contribution >= 4 is 23.1 Å². The number of carboxylic acids is 1. The van der Waals surface area contributed by atoms with Crippen LogP contribution in [0.25, 0.3) is 0 Å². The van der Waals surface area contributed by atoms with Crippen LogP contribution in [-0.4, -0.2) is 45.0 Å². The van der Waals surface area contributed by atoms with Crippen LogP contribution in [0.15, 0.2) is 42.5 Å². The second-order valence-electron chi connectivity index (χ2n) is 5.67. The van der Waals surface area contributed by atoms with Crippen LogP contribution in [0.3, 0.4) is 0 Å². The van der Waals surface area contributed by atoms with Gasteiger partial charge in [-0.2, -0.15) is 0 Å². The number of benzene rings is 2. The highest BCUT2D eigenvalue weighted by molar-refractivity contribution is 6.16. The predicted octanol–water partition coefficient (Wildman–Crippen LogP) is 2.75. The Hall–Kier alpha value is -2.82. The van der Waals surface area contributed by atoms with Gasteiger partial charge in [0.25, 0.3) is 0 Å². The number of rotatable bonds is 5. The van der Waals surface area contributed by atoms with Gasteiger partial charge in [0.05, 0.1) is 11.3 Å². The first kappa shape index (κ1) is 16.5. The number of carboxylic acid groups (broad SMARTS) is 1. The van der Waals surface area contributed by atoms with Crippen molar-refractivity contribution in [1.82, 2.24) is 0 Å². The SMILES string of the molecule is CN(C)c1ccc(C(=O)c2cccc(N(C)C)c2C(=O)O)cc1. The molecule has 0 unspecified atom stereocenters. The molecular weight excluding hydrogens is 292 g/mol. The van der Waals surface area contributed by atoms with Crippen LogP contribution in [0.2, 0.25) is 0 Å². The molecule has 2 aromatic rings. The molecule has 0 aliphatic carbocycles. The van der Waals surface area contributed by atoms with Crippen molar-refractivity contribution in [3.05, 3.63) is 59.2 Å². The molecule has 0 fully saturated rings. The van der Waals surface area contributed by atoms with E-state index in [2.05, 4.69) is 0 Å². The number of aromatic carboxylic acids is 1. The Balaban J connectivity index is 2.51. The quantitative estimate of drug-likeness (QED) is 0.860. The lowest BCUT2D eigenvalue weighted by Gasteiger charge is -2.18. The van der Waals surface area contributed by atoms with Gasteiger partial charge in [0.15, 0.2) is 5.78 Å². The lowest BCUT2D eigenvalue weighted by Crippen LogP contribution is -2.18. The highest BCUT2D eigenvalue weighted by Crippen LogP contribution is 2.25. The summed E-state index contributed by atoms with van der Waals surface area (Å²) >= 11 is 0. The van der Waals surface area contributed by atoms with E-state index in [1.54, 1.807) is 49.3 Å². The number of nitrogens with zero attached hydrogens (tertiary/aromatic N) is 2. The summed E-state index contributed by atoms with van der Waals surface area (Å²) in [5.74, 6) is -1.40. The van der Waals surface area contributed by atoms with Gasteiger partial charge in [0, 0.05) is 45.0 Å². The van der Waals surface area contributed by atoms with Crippen LogP contribution >= 0.6 is 0 Å². The third-order valence-electron chi connectivity index (χ3n) is 3.63. The smallest absolute Gasteiger partial charge is 0.338 e. The zero-order chi connectivity index (χ0) is 17.1. The van der Waals surface area contributed by atoms with Gasteiger partial charge in [0.2, 0.25) is 0 Å². The average Bonchev–Trinajstić information content (AvgIpc) is 2.53. The van der Waals surface area contributed by atoms with Crippen molar-refractivity contribution in [3.8, 4) is 0 Å². The zero-order valence-corrected chi connectivity index (χ0v) is 13.7. The fraction of sp³-hybridized carbons (Fsp3) is 0.222. The Morgan fingerprint density at radius 2 is 1.48 bits per heavy atom. The van der Waals surface area contributed by atoms with E-state index in [0.717, 1.165) is 5.69 Å². The third-order valence-corrected chi connectivity index (χ3v) is 3.63. The van der Waals surface area contributed by atoms with Crippen molar-refractivity contribution in [2.75, 3.05) is 38.0 Å². The molecule has 23 heavy (non-hydrogen) atoms. The molecule has 5 heteroatoms. The summed E-state index contributed by atoms with van der Waals surface area (Å²) in [5, 5.41) is 9.52. The number of carbonyl (C=O) groups excluding carboxylic acids is 1. The monoisotopic (exact) mass is 312 g/mol. The maximum Gasteiger partial charge on any atom is 0.338 e. The molecule has 0 radical (unpaired) electrons. The molecule has 0 amide bonds. The largest absolute Gasteiger partial charge is 0.478 e. The number of anilines is 2. The van der Waals surface area contributed by atoms with E-state index in [4.69, 9.17) is 0 Å². The molecule has 0 saturated heterocycles. The van der Waals surface area contributed by atoms with Crippen molar-refractivity contribution in [2.45, 2.75) is 0 Å². The van der Waals surface area contributed by atoms with E-state index in [-0.39, 0.29) is 16.9 Å². The second kappa shape index (κ2) is 6.52. The third kappa shape index (κ3) is 3.34. The summed E-state index contributed by atoms with van der Waals surface area (Å²) in [4.78, 5) is 28.0. The predicted molar refractivity (Wildman–Crippen MR) is 91.9 cm³/mol. The summed E-state index contributed by atoms with van der Waals surface area (Å²) < 4.78 is 0. The number of hydrogen-bond acceptors (Lipinski definition) is 4. The van der Waals surface area contributed by atoms with Gasteiger partial charge in [-0.1, -0.05) is 12.1 Å². The molecule has 120 valence electrons. The van der Waals surface area contributed by atoms with Gasteiger partial charge in [0.1, 0.15) is 0 Å². The standard InChI is InChI=1S/C18H20N2O3/c1-19(2)13-10-8-12(9-11-13)17(21)14-6-5-7-15(20(3)4)16(14)18(22)23/h5-11H,1-4H3,(H,22,23). The molecule has 0 aromatic heterocycles. The minimum Gasteiger partial charge on any atom is -0.478 e. The van der Waals surface area contributed by atoms with Crippen LogP contribution in [0.1, 0.15) is 26.3 Å². The molecule has 0 heterocycles. The highest BCUT2D eigenvalue weighted by Gasteiger charge is 2.22. The van der Waals surface area contributed by atoms with E-state index in [1.807, 2.05) is 31.1 Å². The fourth-order valence-corrected chi connectivity index (χ4v) is 2.39. The van der Waals surface area contributed by atoms with E-state index in [0.29, 0.717) is 11.3 Å². The summed E-state index contributed by atoms with van der Waals surface area (Å²) in [7, 11) is 7.34. The Bertz CT molecular complexity index is 734. The van der Waals surface area contributed by atoms with Crippen molar-refractivity contribution in [2.24, 2.45) is 0 Å². The topological polar surface area (TPSA) is 60.9 Å². The molecule has 0 aliphatic rings. The Morgan fingerprint density at radius 1 is 0.870 bits per heavy atom. The van der Waals surface area contributed by atoms with E-state index < -0.39 is 5.97 Å². The van der Waals surface area contributed by atoms with Gasteiger partial charge in [-0.05, 0) is 30.3 Å². The molecule has 0 atom stereocenters. The van der Waals surface area contributed by atoms with Crippen LogP contribution in [0, 0.1) is 0 Å². The number of ketones is 1. The summed E-state index contributed by atoms with van der Waals surface area (Å²) in [6.07, 6.45) is 0. The highest BCUT2D eigenvalue weighted by atomic mass is 16.4. The average molecular weight is 312 g/mol. The summed E-state index contributed by atoms with van der Waals surface area (Å²) in [5.41, 5.74) is 2.17. The van der Waals surface area contributed by atoms with Gasteiger partial charge in [-0.15, -0.1) is 0 Å². The van der Waals surface area contributed by atoms with Crippen molar-refractivity contribution in [1.29, 1.82) is 0 Å². The normalized spacial score (nSPS) is 10.3. The van der Waals surface area contributed by atoms with Crippen molar-refractivity contribution in [3.63, 3.8) is 0 Å². The van der Waals surface area contributed by atoms with Gasteiger partial charge in [-0.25, -0.2) is 4.79 Å². The first-order valence-corrected chi connectivity index (χ1v) is 7.18. The van der Waals surface area contributed by atoms with Gasteiger partial charge < -0.3 is 14.9 Å². The molecule has 2 aromatic carbocycles. The Morgan fingerprint density at radius 3 is 1.96 bits per heavy atom. The number of carbonyl (C=O) groups is 2.